The third kappa shape index (κ3) is 3.61. The Kier molecular flexibility index (Phi) is 4.90. The molecule has 0 bridgehead atoms. The zero-order valence-corrected chi connectivity index (χ0v) is 17.3. The fourth-order valence-electron chi connectivity index (χ4n) is 3.76. The number of furan rings is 1. The Labute approximate surface area is 186 Å². The fourth-order valence-corrected chi connectivity index (χ4v) is 3.76. The molecule has 4 heterocycles. The van der Waals surface area contributed by atoms with Crippen molar-refractivity contribution < 1.29 is 14.1 Å². The van der Waals surface area contributed by atoms with Gasteiger partial charge in [-0.2, -0.15) is 4.98 Å². The minimum atomic E-state index is -0.907. The second-order valence-electron chi connectivity index (χ2n) is 7.26. The van der Waals surface area contributed by atoms with Crippen molar-refractivity contribution in [3.8, 4) is 11.6 Å². The van der Waals surface area contributed by atoms with Crippen molar-refractivity contribution >= 4 is 23.2 Å². The lowest BCUT2D eigenvalue weighted by molar-refractivity contribution is -0.385. The fraction of sp³-hybridized carbons (Fsp3) is 0.0909. The van der Waals surface area contributed by atoms with E-state index in [1.165, 1.54) is 23.2 Å². The van der Waals surface area contributed by atoms with Crippen molar-refractivity contribution in [2.24, 2.45) is 0 Å². The summed E-state index contributed by atoms with van der Waals surface area (Å²) in [7, 11) is 0. The maximum Gasteiger partial charge on any atom is 0.275 e. The number of nitro benzene ring substituents is 1. The van der Waals surface area contributed by atoms with Gasteiger partial charge < -0.3 is 15.1 Å². The number of fused-ring (bicyclic) bond motifs is 1. The van der Waals surface area contributed by atoms with Gasteiger partial charge in [-0.25, -0.2) is 4.68 Å². The summed E-state index contributed by atoms with van der Waals surface area (Å²) in [6, 6.07) is 12.2. The van der Waals surface area contributed by atoms with Gasteiger partial charge in [0.15, 0.2) is 5.76 Å². The molecule has 0 spiro atoms. The summed E-state index contributed by atoms with van der Waals surface area (Å²) >= 11 is 0. The van der Waals surface area contributed by atoms with Crippen LogP contribution in [-0.4, -0.2) is 30.6 Å². The first-order valence-electron chi connectivity index (χ1n) is 9.96. The predicted molar refractivity (Wildman–Crippen MR) is 118 cm³/mol. The van der Waals surface area contributed by atoms with Crippen molar-refractivity contribution in [1.29, 1.82) is 0 Å². The third-order valence-electron chi connectivity index (χ3n) is 5.19. The van der Waals surface area contributed by atoms with E-state index in [1.54, 1.807) is 55.6 Å². The van der Waals surface area contributed by atoms with Crippen molar-refractivity contribution in [1.82, 2.24) is 19.7 Å². The quantitative estimate of drug-likeness (QED) is 0.351. The molecule has 1 amide bonds. The minimum Gasteiger partial charge on any atom is -0.461 e. The lowest BCUT2D eigenvalue weighted by Gasteiger charge is -2.28. The van der Waals surface area contributed by atoms with Crippen LogP contribution in [-0.2, 0) is 4.79 Å². The Morgan fingerprint density at radius 1 is 1.21 bits per heavy atom. The van der Waals surface area contributed by atoms with Gasteiger partial charge in [0.2, 0.25) is 11.8 Å². The predicted octanol–water partition coefficient (Wildman–Crippen LogP) is 3.77. The second kappa shape index (κ2) is 8.04. The third-order valence-corrected chi connectivity index (χ3v) is 5.19. The largest absolute Gasteiger partial charge is 0.461 e. The van der Waals surface area contributed by atoms with Gasteiger partial charge in [0.25, 0.3) is 11.6 Å². The number of hydrogen-bond donors (Lipinski definition) is 2. The average Bonchev–Trinajstić information content (AvgIpc) is 3.48. The molecule has 0 fully saturated rings. The van der Waals surface area contributed by atoms with Crippen LogP contribution < -0.4 is 10.6 Å². The standard InChI is InChI=1S/C22H17N7O4/c1-13-18(21(30)25-14-6-4-10-23-12-14)19(15-7-2-3-8-16(15)29(31)32)28-22(24-13)26-20(27-28)17-9-5-11-33-17/h2-12,19H,1H3,(H,25,30)(H,24,26,27)/t19-/m1/s1. The lowest BCUT2D eigenvalue weighted by Crippen LogP contribution is -2.32. The van der Waals surface area contributed by atoms with Crippen LogP contribution in [0.5, 0.6) is 0 Å². The minimum absolute atomic E-state index is 0.134. The number of hydrogen-bond acceptors (Lipinski definition) is 8. The highest BCUT2D eigenvalue weighted by Crippen LogP contribution is 2.40. The Morgan fingerprint density at radius 3 is 2.79 bits per heavy atom. The number of benzene rings is 1. The summed E-state index contributed by atoms with van der Waals surface area (Å²) in [5.74, 6) is 0.601. The van der Waals surface area contributed by atoms with Crippen molar-refractivity contribution in [3.63, 3.8) is 0 Å². The Hall–Kier alpha value is -4.80. The molecule has 1 atom stereocenters. The normalized spacial score (nSPS) is 15.0. The number of nitrogens with zero attached hydrogens (tertiary/aromatic N) is 5. The number of carbonyl (C=O) groups excluding carboxylic acids is 1. The molecular formula is C22H17N7O4. The maximum atomic E-state index is 13.4. The zero-order valence-electron chi connectivity index (χ0n) is 17.3. The van der Waals surface area contributed by atoms with Crippen LogP contribution in [0, 0.1) is 10.1 Å². The molecular weight excluding hydrogens is 426 g/mol. The number of nitro groups is 1. The number of anilines is 2. The van der Waals surface area contributed by atoms with Gasteiger partial charge in [-0.3, -0.25) is 19.9 Å². The SMILES string of the molecule is CC1=C(C(=O)Nc2cccnc2)[C@@H](c2ccccc2[N+](=O)[O-])n2nc(-c3ccco3)nc2N1. The van der Waals surface area contributed by atoms with Crippen molar-refractivity contribution in [2.75, 3.05) is 10.6 Å². The molecule has 1 aliphatic heterocycles. The highest BCUT2D eigenvalue weighted by molar-refractivity contribution is 6.06. The summed E-state index contributed by atoms with van der Waals surface area (Å²) in [4.78, 5) is 33.2. The van der Waals surface area contributed by atoms with E-state index >= 15 is 0 Å². The first-order valence-corrected chi connectivity index (χ1v) is 9.96. The van der Waals surface area contributed by atoms with Gasteiger partial charge in [-0.15, -0.1) is 5.10 Å². The van der Waals surface area contributed by atoms with Crippen LogP contribution in [0.2, 0.25) is 0 Å². The molecule has 5 rings (SSSR count). The Morgan fingerprint density at radius 2 is 2.06 bits per heavy atom. The Bertz CT molecular complexity index is 1380. The van der Waals surface area contributed by atoms with Gasteiger partial charge in [-0.1, -0.05) is 12.1 Å². The molecule has 0 aliphatic carbocycles. The molecule has 4 aromatic rings. The molecule has 0 saturated carbocycles. The number of aromatic nitrogens is 4. The second-order valence-corrected chi connectivity index (χ2v) is 7.26. The molecule has 11 nitrogen and oxygen atoms in total. The molecule has 0 unspecified atom stereocenters. The molecule has 33 heavy (non-hydrogen) atoms. The van der Waals surface area contributed by atoms with Gasteiger partial charge >= 0.3 is 0 Å². The number of allylic oxidation sites excluding steroid dienone is 1. The van der Waals surface area contributed by atoms with Gasteiger partial charge in [-0.05, 0) is 37.3 Å². The number of carbonyl (C=O) groups is 1. The molecule has 164 valence electrons. The van der Waals surface area contributed by atoms with Crippen LogP contribution in [0.4, 0.5) is 17.3 Å². The van der Waals surface area contributed by atoms with Gasteiger partial charge in [0.05, 0.1) is 34.2 Å². The van der Waals surface area contributed by atoms with Crippen LogP contribution >= 0.6 is 0 Å². The maximum absolute atomic E-state index is 13.4. The van der Waals surface area contributed by atoms with Crippen molar-refractivity contribution in [2.45, 2.75) is 13.0 Å². The monoisotopic (exact) mass is 443 g/mol. The summed E-state index contributed by atoms with van der Waals surface area (Å²) < 4.78 is 6.87. The van der Waals surface area contributed by atoms with E-state index in [2.05, 4.69) is 25.7 Å². The number of para-hydroxylation sites is 1. The lowest BCUT2D eigenvalue weighted by atomic mass is 9.93. The first kappa shape index (κ1) is 20.1. The average molecular weight is 443 g/mol. The highest BCUT2D eigenvalue weighted by Gasteiger charge is 2.38. The van der Waals surface area contributed by atoms with Gasteiger partial charge in [0, 0.05) is 18.0 Å². The highest BCUT2D eigenvalue weighted by atomic mass is 16.6. The molecule has 2 N–H and O–H groups in total. The molecule has 1 aliphatic rings. The summed E-state index contributed by atoms with van der Waals surface area (Å²) in [5.41, 5.74) is 1.41. The van der Waals surface area contributed by atoms with Gasteiger partial charge in [0.1, 0.15) is 6.04 Å². The van der Waals surface area contributed by atoms with E-state index in [0.717, 1.165) is 0 Å². The van der Waals surface area contributed by atoms with Crippen LogP contribution in [0.1, 0.15) is 18.5 Å². The number of nitrogens with one attached hydrogen (secondary N) is 2. The molecule has 0 radical (unpaired) electrons. The summed E-state index contributed by atoms with van der Waals surface area (Å²) in [5, 5.41) is 22.2. The molecule has 11 heteroatoms. The molecule has 3 aromatic heterocycles. The number of amides is 1. The van der Waals surface area contributed by atoms with E-state index in [1.807, 2.05) is 0 Å². The van der Waals surface area contributed by atoms with E-state index in [9.17, 15) is 14.9 Å². The zero-order chi connectivity index (χ0) is 22.9. The summed E-state index contributed by atoms with van der Waals surface area (Å²) in [6.07, 6.45) is 4.61. The van der Waals surface area contributed by atoms with E-state index in [0.29, 0.717) is 28.7 Å². The van der Waals surface area contributed by atoms with E-state index in [-0.39, 0.29) is 17.1 Å². The first-order chi connectivity index (χ1) is 16.0. The van der Waals surface area contributed by atoms with Crippen LogP contribution in [0.25, 0.3) is 11.6 Å². The number of rotatable bonds is 5. The topological polar surface area (TPSA) is 141 Å². The smallest absolute Gasteiger partial charge is 0.275 e. The van der Waals surface area contributed by atoms with Crippen LogP contribution in [0.3, 0.4) is 0 Å². The van der Waals surface area contributed by atoms with E-state index in [4.69, 9.17) is 4.42 Å². The molecule has 1 aromatic carbocycles. The van der Waals surface area contributed by atoms with Crippen molar-refractivity contribution in [3.05, 3.63) is 94.1 Å². The molecule has 0 saturated heterocycles. The van der Waals surface area contributed by atoms with E-state index < -0.39 is 16.9 Å². The van der Waals surface area contributed by atoms with Crippen LogP contribution in [0.15, 0.2) is 82.9 Å². The Balaban J connectivity index is 1.66. The summed E-state index contributed by atoms with van der Waals surface area (Å²) in [6.45, 7) is 1.71. The number of pyridine rings is 1.